The summed E-state index contributed by atoms with van der Waals surface area (Å²) in [5, 5.41) is 1.02. The van der Waals surface area contributed by atoms with E-state index >= 15 is 0 Å². The van der Waals surface area contributed by atoms with Gasteiger partial charge in [-0.15, -0.1) is 0 Å². The molecule has 6 heteroatoms. The Morgan fingerprint density at radius 3 is 2.42 bits per heavy atom. The van der Waals surface area contributed by atoms with Crippen molar-refractivity contribution in [1.29, 1.82) is 0 Å². The van der Waals surface area contributed by atoms with Crippen molar-refractivity contribution in [2.45, 2.75) is 0 Å². The Labute approximate surface area is 181 Å². The molecule has 0 N–H and O–H groups in total. The summed E-state index contributed by atoms with van der Waals surface area (Å²) >= 11 is 0. The number of piperazine rings is 1. The molecule has 0 saturated carbocycles. The van der Waals surface area contributed by atoms with Crippen molar-refractivity contribution in [2.75, 3.05) is 37.6 Å². The van der Waals surface area contributed by atoms with E-state index in [-0.39, 0.29) is 5.78 Å². The van der Waals surface area contributed by atoms with E-state index in [1.807, 2.05) is 37.4 Å². The zero-order chi connectivity index (χ0) is 21.2. The third kappa shape index (κ3) is 3.70. The van der Waals surface area contributed by atoms with E-state index < -0.39 is 0 Å². The molecular formula is C25H25N5O. The number of benzene rings is 2. The smallest absolute Gasteiger partial charge is 0.179 e. The number of anilines is 1. The van der Waals surface area contributed by atoms with Crippen LogP contribution in [-0.4, -0.2) is 57.9 Å². The Hall–Kier alpha value is -3.51. The van der Waals surface area contributed by atoms with Crippen molar-refractivity contribution in [3.05, 3.63) is 78.8 Å². The molecule has 4 aromatic rings. The molecule has 1 aliphatic heterocycles. The molecule has 1 aliphatic rings. The zero-order valence-electron chi connectivity index (χ0n) is 17.6. The van der Waals surface area contributed by atoms with Crippen molar-refractivity contribution >= 4 is 22.5 Å². The second-order valence-corrected chi connectivity index (χ2v) is 7.92. The highest BCUT2D eigenvalue weighted by molar-refractivity contribution is 6.14. The molecule has 0 spiro atoms. The molecule has 156 valence electrons. The van der Waals surface area contributed by atoms with Gasteiger partial charge < -0.3 is 9.47 Å². The fourth-order valence-electron chi connectivity index (χ4n) is 4.48. The molecule has 0 bridgehead atoms. The third-order valence-electron chi connectivity index (χ3n) is 6.05. The predicted octanol–water partition coefficient (Wildman–Crippen LogP) is 3.64. The highest BCUT2D eigenvalue weighted by Crippen LogP contribution is 2.33. The normalized spacial score (nSPS) is 14.8. The number of aryl methyl sites for hydroxylation is 1. The number of rotatable bonds is 5. The molecule has 0 amide bonds. The van der Waals surface area contributed by atoms with Crippen LogP contribution in [0.3, 0.4) is 0 Å². The van der Waals surface area contributed by atoms with E-state index in [0.717, 1.165) is 59.7 Å². The lowest BCUT2D eigenvalue weighted by molar-refractivity contribution is 0.0928. The van der Waals surface area contributed by atoms with E-state index in [0.29, 0.717) is 6.54 Å². The van der Waals surface area contributed by atoms with Gasteiger partial charge in [0.1, 0.15) is 5.82 Å². The summed E-state index contributed by atoms with van der Waals surface area (Å²) in [5.74, 6) is 1.07. The SMILES string of the molecule is Cn1c(-c2ccccc2)c(C(=O)CN2CCN(c3cnccn3)CC2)c2ccccc21. The summed E-state index contributed by atoms with van der Waals surface area (Å²) in [6, 6.07) is 18.4. The van der Waals surface area contributed by atoms with Crippen LogP contribution in [0.2, 0.25) is 0 Å². The summed E-state index contributed by atoms with van der Waals surface area (Å²) in [6.07, 6.45) is 5.20. The monoisotopic (exact) mass is 411 g/mol. The van der Waals surface area contributed by atoms with Crippen molar-refractivity contribution in [2.24, 2.45) is 7.05 Å². The van der Waals surface area contributed by atoms with Gasteiger partial charge in [0.2, 0.25) is 0 Å². The van der Waals surface area contributed by atoms with Crippen LogP contribution in [0.5, 0.6) is 0 Å². The van der Waals surface area contributed by atoms with Gasteiger partial charge in [-0.05, 0) is 11.6 Å². The highest BCUT2D eigenvalue weighted by Gasteiger charge is 2.25. The number of ketones is 1. The summed E-state index contributed by atoms with van der Waals surface area (Å²) in [7, 11) is 2.04. The number of hydrogen-bond acceptors (Lipinski definition) is 5. The van der Waals surface area contributed by atoms with Crippen LogP contribution in [0.1, 0.15) is 10.4 Å². The number of carbonyl (C=O) groups is 1. The van der Waals surface area contributed by atoms with Gasteiger partial charge in [-0.1, -0.05) is 48.5 Å². The summed E-state index contributed by atoms with van der Waals surface area (Å²) in [4.78, 5) is 26.6. The Kier molecular flexibility index (Phi) is 5.22. The van der Waals surface area contributed by atoms with Crippen LogP contribution < -0.4 is 4.90 Å². The first-order valence-corrected chi connectivity index (χ1v) is 10.6. The lowest BCUT2D eigenvalue weighted by Gasteiger charge is -2.34. The average Bonchev–Trinajstić information content (AvgIpc) is 3.13. The molecule has 5 rings (SSSR count). The minimum Gasteiger partial charge on any atom is -0.353 e. The topological polar surface area (TPSA) is 54.3 Å². The van der Waals surface area contributed by atoms with Gasteiger partial charge in [-0.25, -0.2) is 4.98 Å². The largest absolute Gasteiger partial charge is 0.353 e. The number of Topliss-reactive ketones (excluding diaryl/α,β-unsaturated/α-hetero) is 1. The number of para-hydroxylation sites is 1. The molecule has 3 heterocycles. The van der Waals surface area contributed by atoms with Crippen LogP contribution in [0.4, 0.5) is 5.82 Å². The molecular weight excluding hydrogens is 386 g/mol. The van der Waals surface area contributed by atoms with Crippen molar-refractivity contribution in [3.8, 4) is 11.3 Å². The average molecular weight is 412 g/mol. The van der Waals surface area contributed by atoms with E-state index in [4.69, 9.17) is 0 Å². The number of carbonyl (C=O) groups excluding carboxylic acids is 1. The van der Waals surface area contributed by atoms with Crippen molar-refractivity contribution in [3.63, 3.8) is 0 Å². The molecule has 6 nitrogen and oxygen atoms in total. The number of fused-ring (bicyclic) bond motifs is 1. The standard InChI is InChI=1S/C25H25N5O/c1-28-21-10-6-5-9-20(21)24(25(28)19-7-3-2-4-8-19)22(31)18-29-13-15-30(16-14-29)23-17-26-11-12-27-23/h2-12,17H,13-16,18H2,1H3. The lowest BCUT2D eigenvalue weighted by Crippen LogP contribution is -2.48. The minimum absolute atomic E-state index is 0.170. The maximum atomic E-state index is 13.6. The number of hydrogen-bond donors (Lipinski definition) is 0. The van der Waals surface area contributed by atoms with Gasteiger partial charge in [-0.3, -0.25) is 14.7 Å². The first-order valence-electron chi connectivity index (χ1n) is 10.6. The van der Waals surface area contributed by atoms with E-state index in [1.54, 1.807) is 18.6 Å². The Morgan fingerprint density at radius 2 is 1.68 bits per heavy atom. The van der Waals surface area contributed by atoms with E-state index in [9.17, 15) is 4.79 Å². The van der Waals surface area contributed by atoms with E-state index in [2.05, 4.69) is 48.6 Å². The summed E-state index contributed by atoms with van der Waals surface area (Å²) in [6.45, 7) is 3.75. The molecule has 31 heavy (non-hydrogen) atoms. The lowest BCUT2D eigenvalue weighted by atomic mass is 10.0. The highest BCUT2D eigenvalue weighted by atomic mass is 16.1. The summed E-state index contributed by atoms with van der Waals surface area (Å²) in [5.41, 5.74) is 3.96. The molecule has 0 aliphatic carbocycles. The summed E-state index contributed by atoms with van der Waals surface area (Å²) < 4.78 is 2.14. The molecule has 0 atom stereocenters. The number of nitrogens with zero attached hydrogens (tertiary/aromatic N) is 5. The van der Waals surface area contributed by atoms with Gasteiger partial charge >= 0.3 is 0 Å². The number of aromatic nitrogens is 3. The Morgan fingerprint density at radius 1 is 0.935 bits per heavy atom. The minimum atomic E-state index is 0.170. The van der Waals surface area contributed by atoms with Crippen LogP contribution in [-0.2, 0) is 7.05 Å². The first kappa shape index (κ1) is 19.5. The van der Waals surface area contributed by atoms with Gasteiger partial charge in [0, 0.05) is 56.5 Å². The van der Waals surface area contributed by atoms with Gasteiger partial charge in [-0.2, -0.15) is 0 Å². The van der Waals surface area contributed by atoms with Crippen LogP contribution in [0.15, 0.2) is 73.2 Å². The maximum Gasteiger partial charge on any atom is 0.179 e. The van der Waals surface area contributed by atoms with Crippen LogP contribution >= 0.6 is 0 Å². The third-order valence-corrected chi connectivity index (χ3v) is 6.05. The molecule has 1 fully saturated rings. The van der Waals surface area contributed by atoms with Gasteiger partial charge in [0.15, 0.2) is 5.78 Å². The first-order chi connectivity index (χ1) is 15.2. The maximum absolute atomic E-state index is 13.6. The van der Waals surface area contributed by atoms with Gasteiger partial charge in [0.05, 0.1) is 24.0 Å². The van der Waals surface area contributed by atoms with Crippen LogP contribution in [0.25, 0.3) is 22.2 Å². The predicted molar refractivity (Wildman–Crippen MR) is 123 cm³/mol. The van der Waals surface area contributed by atoms with Gasteiger partial charge in [0.25, 0.3) is 0 Å². The van der Waals surface area contributed by atoms with Crippen molar-refractivity contribution < 1.29 is 4.79 Å². The second kappa shape index (κ2) is 8.32. The quantitative estimate of drug-likeness (QED) is 0.470. The molecule has 2 aromatic carbocycles. The fourth-order valence-corrected chi connectivity index (χ4v) is 4.48. The van der Waals surface area contributed by atoms with Crippen LogP contribution in [0, 0.1) is 0 Å². The van der Waals surface area contributed by atoms with Crippen molar-refractivity contribution in [1.82, 2.24) is 19.4 Å². The Balaban J connectivity index is 1.41. The molecule has 0 unspecified atom stereocenters. The zero-order valence-corrected chi connectivity index (χ0v) is 17.6. The fraction of sp³-hybridized carbons (Fsp3) is 0.240. The van der Waals surface area contributed by atoms with E-state index in [1.165, 1.54) is 0 Å². The second-order valence-electron chi connectivity index (χ2n) is 7.92. The molecule has 0 radical (unpaired) electrons. The molecule has 1 saturated heterocycles. The molecule has 2 aromatic heterocycles. The Bertz CT molecular complexity index is 1190.